The van der Waals surface area contributed by atoms with E-state index in [4.69, 9.17) is 9.84 Å². The zero-order chi connectivity index (χ0) is 20.3. The van der Waals surface area contributed by atoms with Gasteiger partial charge in [0, 0.05) is 17.5 Å². The van der Waals surface area contributed by atoms with Gasteiger partial charge in [-0.25, -0.2) is 9.59 Å². The lowest BCUT2D eigenvalue weighted by Gasteiger charge is -2.14. The molecule has 0 bridgehead atoms. The van der Waals surface area contributed by atoms with Crippen molar-refractivity contribution in [3.8, 4) is 0 Å². The molecule has 2 aromatic rings. The summed E-state index contributed by atoms with van der Waals surface area (Å²) < 4.78 is 6.65. The topological polar surface area (TPSA) is 111 Å². The van der Waals surface area contributed by atoms with Crippen LogP contribution in [-0.4, -0.2) is 38.8 Å². The van der Waals surface area contributed by atoms with Gasteiger partial charge in [0.05, 0.1) is 18.2 Å². The maximum absolute atomic E-state index is 12.6. The maximum Gasteiger partial charge on any atom is 0.354 e. The number of fused-ring (bicyclic) bond motifs is 1. The highest BCUT2D eigenvalue weighted by atomic mass is 32.1. The second-order valence-electron chi connectivity index (χ2n) is 6.91. The number of hydrogen-bond donors (Lipinski definition) is 2. The standard InChI is InChI=1S/C19H23N3O5S/c1-11(2)27-19(26)16-12-5-3-4-6-14(12)28-17(16)21-15(23)8-10-22-13(18(24)25)7-9-20-22/h7,9,11H,3-6,8,10H2,1-2H3,(H,21,23)(H,24,25). The van der Waals surface area contributed by atoms with Crippen LogP contribution in [0.2, 0.25) is 0 Å². The molecule has 2 heterocycles. The number of anilines is 1. The van der Waals surface area contributed by atoms with E-state index in [9.17, 15) is 14.4 Å². The summed E-state index contributed by atoms with van der Waals surface area (Å²) in [6.07, 6.45) is 4.96. The van der Waals surface area contributed by atoms with Gasteiger partial charge in [-0.3, -0.25) is 9.48 Å². The summed E-state index contributed by atoms with van der Waals surface area (Å²) in [6, 6.07) is 1.38. The lowest BCUT2D eigenvalue weighted by atomic mass is 9.95. The number of nitrogens with one attached hydrogen (secondary N) is 1. The Balaban J connectivity index is 1.74. The number of thiophene rings is 1. The summed E-state index contributed by atoms with van der Waals surface area (Å²) in [5.74, 6) is -1.81. The Kier molecular flexibility index (Phi) is 6.13. The highest BCUT2D eigenvalue weighted by Crippen LogP contribution is 2.38. The third kappa shape index (κ3) is 4.41. The number of nitrogens with zero attached hydrogens (tertiary/aromatic N) is 2. The predicted molar refractivity (Wildman–Crippen MR) is 104 cm³/mol. The molecule has 0 saturated heterocycles. The van der Waals surface area contributed by atoms with Gasteiger partial charge >= 0.3 is 11.9 Å². The van der Waals surface area contributed by atoms with Crippen LogP contribution in [0.1, 0.15) is 64.4 Å². The number of aromatic nitrogens is 2. The first-order valence-corrected chi connectivity index (χ1v) is 10.1. The fourth-order valence-corrected chi connectivity index (χ4v) is 4.53. The van der Waals surface area contributed by atoms with Crippen LogP contribution >= 0.6 is 11.3 Å². The molecular weight excluding hydrogens is 382 g/mol. The van der Waals surface area contributed by atoms with E-state index in [1.807, 2.05) is 0 Å². The number of carboxylic acid groups (broad SMARTS) is 1. The first-order chi connectivity index (χ1) is 13.4. The van der Waals surface area contributed by atoms with Gasteiger partial charge in [0.15, 0.2) is 0 Å². The average Bonchev–Trinajstić information content (AvgIpc) is 3.23. The number of carbonyl (C=O) groups is 3. The number of hydrogen-bond acceptors (Lipinski definition) is 6. The van der Waals surface area contributed by atoms with Crippen molar-refractivity contribution in [2.24, 2.45) is 0 Å². The van der Waals surface area contributed by atoms with Crippen molar-refractivity contribution < 1.29 is 24.2 Å². The van der Waals surface area contributed by atoms with Gasteiger partial charge in [0.2, 0.25) is 5.91 Å². The van der Waals surface area contributed by atoms with Crippen LogP contribution in [0.15, 0.2) is 12.3 Å². The summed E-state index contributed by atoms with van der Waals surface area (Å²) in [5, 5.41) is 16.4. The molecule has 1 aliphatic rings. The van der Waals surface area contributed by atoms with Crippen LogP contribution in [0.3, 0.4) is 0 Å². The van der Waals surface area contributed by atoms with E-state index in [1.165, 1.54) is 28.3 Å². The molecule has 28 heavy (non-hydrogen) atoms. The minimum atomic E-state index is -1.09. The van der Waals surface area contributed by atoms with Gasteiger partial charge in [-0.2, -0.15) is 5.10 Å². The van der Waals surface area contributed by atoms with Crippen molar-refractivity contribution in [2.75, 3.05) is 5.32 Å². The molecule has 2 N–H and O–H groups in total. The summed E-state index contributed by atoms with van der Waals surface area (Å²) in [4.78, 5) is 37.3. The summed E-state index contributed by atoms with van der Waals surface area (Å²) in [7, 11) is 0. The minimum Gasteiger partial charge on any atom is -0.477 e. The normalized spacial score (nSPS) is 13.2. The molecule has 3 rings (SSSR count). The molecule has 0 radical (unpaired) electrons. The Morgan fingerprint density at radius 3 is 2.79 bits per heavy atom. The zero-order valence-corrected chi connectivity index (χ0v) is 16.7. The monoisotopic (exact) mass is 405 g/mol. The van der Waals surface area contributed by atoms with Crippen molar-refractivity contribution >= 4 is 34.2 Å². The van der Waals surface area contributed by atoms with E-state index in [0.29, 0.717) is 10.6 Å². The molecule has 0 aromatic carbocycles. The Bertz CT molecular complexity index is 900. The first-order valence-electron chi connectivity index (χ1n) is 9.27. The minimum absolute atomic E-state index is 0.0283. The van der Waals surface area contributed by atoms with Crippen LogP contribution in [0.5, 0.6) is 0 Å². The van der Waals surface area contributed by atoms with E-state index in [2.05, 4.69) is 10.4 Å². The van der Waals surface area contributed by atoms with Crippen molar-refractivity contribution in [1.82, 2.24) is 9.78 Å². The summed E-state index contributed by atoms with van der Waals surface area (Å²) in [6.45, 7) is 3.72. The molecule has 9 heteroatoms. The Morgan fingerprint density at radius 1 is 1.32 bits per heavy atom. The second kappa shape index (κ2) is 8.55. The molecule has 0 unspecified atom stereocenters. The van der Waals surface area contributed by atoms with Gasteiger partial charge in [-0.1, -0.05) is 0 Å². The highest BCUT2D eigenvalue weighted by molar-refractivity contribution is 7.17. The molecule has 0 saturated carbocycles. The molecule has 0 spiro atoms. The van der Waals surface area contributed by atoms with E-state index in [0.717, 1.165) is 36.1 Å². The molecule has 150 valence electrons. The molecule has 0 aliphatic heterocycles. The smallest absolute Gasteiger partial charge is 0.354 e. The van der Waals surface area contributed by atoms with Gasteiger partial charge in [0.1, 0.15) is 10.7 Å². The molecule has 0 fully saturated rings. The molecule has 2 aromatic heterocycles. The quantitative estimate of drug-likeness (QED) is 0.685. The van der Waals surface area contributed by atoms with Crippen LogP contribution in [0, 0.1) is 0 Å². The Hall–Kier alpha value is -2.68. The van der Waals surface area contributed by atoms with Gasteiger partial charge in [-0.15, -0.1) is 11.3 Å². The van der Waals surface area contributed by atoms with Crippen LogP contribution in [0.25, 0.3) is 0 Å². The van der Waals surface area contributed by atoms with Crippen LogP contribution in [0.4, 0.5) is 5.00 Å². The Labute approximate surface area is 166 Å². The zero-order valence-electron chi connectivity index (χ0n) is 15.9. The van der Waals surface area contributed by atoms with Crippen molar-refractivity contribution in [3.63, 3.8) is 0 Å². The van der Waals surface area contributed by atoms with E-state index in [-0.39, 0.29) is 30.7 Å². The lowest BCUT2D eigenvalue weighted by Crippen LogP contribution is -2.19. The fourth-order valence-electron chi connectivity index (χ4n) is 3.23. The summed E-state index contributed by atoms with van der Waals surface area (Å²) in [5.41, 5.74) is 1.48. The Morgan fingerprint density at radius 2 is 2.07 bits per heavy atom. The van der Waals surface area contributed by atoms with Crippen LogP contribution < -0.4 is 5.32 Å². The number of carboxylic acids is 1. The number of aromatic carboxylic acids is 1. The molecule has 8 nitrogen and oxygen atoms in total. The van der Waals surface area contributed by atoms with Crippen molar-refractivity contribution in [2.45, 2.75) is 58.6 Å². The third-order valence-corrected chi connectivity index (χ3v) is 5.66. The highest BCUT2D eigenvalue weighted by Gasteiger charge is 2.27. The SMILES string of the molecule is CC(C)OC(=O)c1c(NC(=O)CCn2nccc2C(=O)O)sc2c1CCCC2. The fraction of sp³-hybridized carbons (Fsp3) is 0.474. The number of esters is 1. The molecule has 1 amide bonds. The van der Waals surface area contributed by atoms with Crippen molar-refractivity contribution in [3.05, 3.63) is 34.0 Å². The van der Waals surface area contributed by atoms with E-state index < -0.39 is 11.9 Å². The predicted octanol–water partition coefficient (Wildman–Crippen LogP) is 3.12. The van der Waals surface area contributed by atoms with Gasteiger partial charge in [-0.05, 0) is 51.2 Å². The lowest BCUT2D eigenvalue weighted by molar-refractivity contribution is -0.116. The van der Waals surface area contributed by atoms with Gasteiger partial charge in [0.25, 0.3) is 0 Å². The number of ether oxygens (including phenoxy) is 1. The third-order valence-electron chi connectivity index (χ3n) is 4.46. The molecular formula is C19H23N3O5S. The van der Waals surface area contributed by atoms with Crippen molar-refractivity contribution in [1.29, 1.82) is 0 Å². The maximum atomic E-state index is 12.6. The average molecular weight is 405 g/mol. The van der Waals surface area contributed by atoms with E-state index in [1.54, 1.807) is 13.8 Å². The second-order valence-corrected chi connectivity index (χ2v) is 8.02. The first kappa shape index (κ1) is 20.1. The van der Waals surface area contributed by atoms with Crippen LogP contribution in [-0.2, 0) is 28.9 Å². The van der Waals surface area contributed by atoms with E-state index >= 15 is 0 Å². The number of carbonyl (C=O) groups excluding carboxylic acids is 2. The molecule has 1 aliphatic carbocycles. The molecule has 0 atom stereocenters. The number of rotatable bonds is 7. The number of aryl methyl sites for hydroxylation is 2. The summed E-state index contributed by atoms with van der Waals surface area (Å²) >= 11 is 1.43. The number of amides is 1. The van der Waals surface area contributed by atoms with Gasteiger partial charge < -0.3 is 15.2 Å². The largest absolute Gasteiger partial charge is 0.477 e.